The molecule has 0 aromatic rings. The van der Waals surface area contributed by atoms with Crippen LogP contribution in [0.1, 0.15) is 19.3 Å². The third-order valence-electron chi connectivity index (χ3n) is 2.71. The molecule has 0 aromatic heterocycles. The second-order valence-electron chi connectivity index (χ2n) is 4.00. The molecule has 1 rings (SSSR count). The number of aliphatic carboxylic acids is 1. The van der Waals surface area contributed by atoms with E-state index in [1.54, 1.807) is 7.11 Å². The van der Waals surface area contributed by atoms with Gasteiger partial charge in [0.1, 0.15) is 0 Å². The Bertz CT molecular complexity index is 210. The molecular formula is C10H19NO4. The second kappa shape index (κ2) is 6.05. The average Bonchev–Trinajstić information content (AvgIpc) is 2.52. The normalized spacial score (nSPS) is 24.3. The second-order valence-corrected chi connectivity index (χ2v) is 4.00. The van der Waals surface area contributed by atoms with Gasteiger partial charge in [0.25, 0.3) is 0 Å². The van der Waals surface area contributed by atoms with Crippen molar-refractivity contribution in [3.8, 4) is 0 Å². The zero-order chi connectivity index (χ0) is 11.3. The molecule has 15 heavy (non-hydrogen) atoms. The Morgan fingerprint density at radius 2 is 2.40 bits per heavy atom. The number of rotatable bonds is 6. The fraction of sp³-hybridized carbons (Fsp3) is 0.900. The predicted octanol–water partition coefficient (Wildman–Crippen LogP) is -0.0672. The first-order valence-corrected chi connectivity index (χ1v) is 5.26. The van der Waals surface area contributed by atoms with E-state index in [0.29, 0.717) is 13.2 Å². The topological polar surface area (TPSA) is 70.0 Å². The van der Waals surface area contributed by atoms with Crippen LogP contribution in [-0.4, -0.2) is 60.0 Å². The summed E-state index contributed by atoms with van der Waals surface area (Å²) in [6.07, 6.45) is 1.56. The molecule has 0 spiro atoms. The molecule has 2 N–H and O–H groups in total. The molecule has 5 nitrogen and oxygen atoms in total. The van der Waals surface area contributed by atoms with Gasteiger partial charge in [-0.1, -0.05) is 0 Å². The van der Waals surface area contributed by atoms with E-state index in [1.165, 1.54) is 0 Å². The smallest absolute Gasteiger partial charge is 0.304 e. The molecule has 1 heterocycles. The maximum absolute atomic E-state index is 10.6. The Labute approximate surface area is 89.6 Å². The van der Waals surface area contributed by atoms with Gasteiger partial charge in [-0.15, -0.1) is 0 Å². The molecule has 5 heteroatoms. The largest absolute Gasteiger partial charge is 0.481 e. The van der Waals surface area contributed by atoms with Gasteiger partial charge in [-0.2, -0.15) is 0 Å². The number of hydrogen-bond acceptors (Lipinski definition) is 4. The highest BCUT2D eigenvalue weighted by Crippen LogP contribution is 2.20. The Morgan fingerprint density at radius 3 is 3.00 bits per heavy atom. The fourth-order valence-corrected chi connectivity index (χ4v) is 2.08. The molecule has 0 saturated carbocycles. The molecule has 0 aliphatic carbocycles. The minimum Gasteiger partial charge on any atom is -0.481 e. The molecule has 88 valence electrons. The van der Waals surface area contributed by atoms with Crippen molar-refractivity contribution in [3.05, 3.63) is 0 Å². The average molecular weight is 217 g/mol. The maximum Gasteiger partial charge on any atom is 0.304 e. The van der Waals surface area contributed by atoms with E-state index in [-0.39, 0.29) is 12.5 Å². The number of methoxy groups -OCH3 is 1. The highest BCUT2D eigenvalue weighted by atomic mass is 16.5. The van der Waals surface area contributed by atoms with Gasteiger partial charge in [-0.05, 0) is 19.4 Å². The van der Waals surface area contributed by atoms with Crippen LogP contribution in [0, 0.1) is 0 Å². The molecule has 1 aliphatic rings. The number of aliphatic hydroxyl groups excluding tert-OH is 1. The van der Waals surface area contributed by atoms with Crippen LogP contribution >= 0.6 is 0 Å². The van der Waals surface area contributed by atoms with Gasteiger partial charge in [0.2, 0.25) is 0 Å². The van der Waals surface area contributed by atoms with Crippen molar-refractivity contribution in [2.45, 2.75) is 31.4 Å². The summed E-state index contributed by atoms with van der Waals surface area (Å²) in [5.41, 5.74) is 0. The number of ether oxygens (including phenoxy) is 1. The number of carboxylic acid groups (broad SMARTS) is 1. The molecular weight excluding hydrogens is 198 g/mol. The number of β-amino-alcohol motifs (C(OH)–C–C–N with tert-alkyl or cyclic N) is 1. The molecule has 0 aromatic carbocycles. The number of nitrogens with zero attached hydrogens (tertiary/aromatic N) is 1. The van der Waals surface area contributed by atoms with Crippen LogP contribution in [0.3, 0.4) is 0 Å². The molecule has 1 fully saturated rings. The molecule has 2 unspecified atom stereocenters. The first kappa shape index (κ1) is 12.4. The van der Waals surface area contributed by atoms with Gasteiger partial charge in [0.15, 0.2) is 0 Å². The van der Waals surface area contributed by atoms with Crippen LogP contribution in [-0.2, 0) is 9.53 Å². The Balaban J connectivity index is 2.35. The van der Waals surface area contributed by atoms with E-state index >= 15 is 0 Å². The minimum atomic E-state index is -0.770. The van der Waals surface area contributed by atoms with Gasteiger partial charge in [-0.3, -0.25) is 9.69 Å². The van der Waals surface area contributed by atoms with Crippen molar-refractivity contribution in [3.63, 3.8) is 0 Å². The molecule has 1 aliphatic heterocycles. The van der Waals surface area contributed by atoms with E-state index in [1.807, 2.05) is 4.90 Å². The lowest BCUT2D eigenvalue weighted by molar-refractivity contribution is -0.138. The van der Waals surface area contributed by atoms with Gasteiger partial charge < -0.3 is 14.9 Å². The number of hydrogen-bond donors (Lipinski definition) is 2. The van der Waals surface area contributed by atoms with Crippen molar-refractivity contribution >= 4 is 5.97 Å². The summed E-state index contributed by atoms with van der Waals surface area (Å²) in [5.74, 6) is -0.770. The van der Waals surface area contributed by atoms with Crippen LogP contribution in [0.4, 0.5) is 0 Å². The van der Waals surface area contributed by atoms with Crippen LogP contribution in [0.25, 0.3) is 0 Å². The quantitative estimate of drug-likeness (QED) is 0.652. The summed E-state index contributed by atoms with van der Waals surface area (Å²) in [7, 11) is 1.54. The standard InChI is InChI=1S/C10H19NO4/c1-15-7-9(12)6-11-4-2-3-8(11)5-10(13)14/h8-9,12H,2-7H2,1H3,(H,13,14). The molecule has 1 saturated heterocycles. The van der Waals surface area contributed by atoms with Gasteiger partial charge in [0, 0.05) is 19.7 Å². The lowest BCUT2D eigenvalue weighted by Crippen LogP contribution is -2.38. The number of aliphatic hydroxyl groups is 1. The lowest BCUT2D eigenvalue weighted by atomic mass is 10.1. The van der Waals surface area contributed by atoms with E-state index in [4.69, 9.17) is 9.84 Å². The van der Waals surface area contributed by atoms with E-state index < -0.39 is 12.1 Å². The van der Waals surface area contributed by atoms with E-state index in [2.05, 4.69) is 0 Å². The van der Waals surface area contributed by atoms with Crippen molar-refractivity contribution < 1.29 is 19.7 Å². The third-order valence-corrected chi connectivity index (χ3v) is 2.71. The zero-order valence-electron chi connectivity index (χ0n) is 9.06. The highest BCUT2D eigenvalue weighted by molar-refractivity contribution is 5.67. The molecule has 0 radical (unpaired) electrons. The Morgan fingerprint density at radius 1 is 1.67 bits per heavy atom. The predicted molar refractivity (Wildman–Crippen MR) is 54.7 cm³/mol. The Kier molecular flexibility index (Phi) is 5.01. The molecule has 2 atom stereocenters. The summed E-state index contributed by atoms with van der Waals surface area (Å²) < 4.78 is 4.84. The summed E-state index contributed by atoms with van der Waals surface area (Å²) in [4.78, 5) is 12.6. The summed E-state index contributed by atoms with van der Waals surface area (Å²) in [5, 5.41) is 18.3. The van der Waals surface area contributed by atoms with Crippen molar-refractivity contribution in [2.75, 3.05) is 26.8 Å². The van der Waals surface area contributed by atoms with Gasteiger partial charge in [0.05, 0.1) is 19.1 Å². The van der Waals surface area contributed by atoms with Gasteiger partial charge >= 0.3 is 5.97 Å². The van der Waals surface area contributed by atoms with Gasteiger partial charge in [-0.25, -0.2) is 0 Å². The van der Waals surface area contributed by atoms with Crippen LogP contribution in [0.2, 0.25) is 0 Å². The first-order valence-electron chi connectivity index (χ1n) is 5.26. The molecule has 0 bridgehead atoms. The van der Waals surface area contributed by atoms with Crippen molar-refractivity contribution in [2.24, 2.45) is 0 Å². The van der Waals surface area contributed by atoms with Crippen molar-refractivity contribution in [1.82, 2.24) is 4.90 Å². The monoisotopic (exact) mass is 217 g/mol. The SMILES string of the molecule is COCC(O)CN1CCCC1CC(=O)O. The number of carbonyl (C=O) groups is 1. The van der Waals surface area contributed by atoms with E-state index in [9.17, 15) is 9.90 Å². The first-order chi connectivity index (χ1) is 7.13. The zero-order valence-corrected chi connectivity index (χ0v) is 9.06. The summed E-state index contributed by atoms with van der Waals surface area (Å²) in [6, 6.07) is 0.0778. The maximum atomic E-state index is 10.6. The molecule has 0 amide bonds. The van der Waals surface area contributed by atoms with Crippen LogP contribution in [0.5, 0.6) is 0 Å². The Hall–Kier alpha value is -0.650. The third kappa shape index (κ3) is 4.15. The highest BCUT2D eigenvalue weighted by Gasteiger charge is 2.27. The van der Waals surface area contributed by atoms with Crippen molar-refractivity contribution in [1.29, 1.82) is 0 Å². The number of likely N-dealkylation sites (tertiary alicyclic amines) is 1. The fourth-order valence-electron chi connectivity index (χ4n) is 2.08. The number of carboxylic acids is 1. The van der Waals surface area contributed by atoms with Crippen LogP contribution < -0.4 is 0 Å². The summed E-state index contributed by atoms with van der Waals surface area (Å²) in [6.45, 7) is 1.68. The van der Waals surface area contributed by atoms with Crippen LogP contribution in [0.15, 0.2) is 0 Å². The lowest BCUT2D eigenvalue weighted by Gasteiger charge is -2.25. The van der Waals surface area contributed by atoms with E-state index in [0.717, 1.165) is 19.4 Å². The minimum absolute atomic E-state index is 0.0778. The summed E-state index contributed by atoms with van der Waals surface area (Å²) >= 11 is 0.